The van der Waals surface area contributed by atoms with Crippen LogP contribution in [0.2, 0.25) is 0 Å². The van der Waals surface area contributed by atoms with Gasteiger partial charge in [0, 0.05) is 13.1 Å². The van der Waals surface area contributed by atoms with E-state index >= 15 is 0 Å². The van der Waals surface area contributed by atoms with Crippen LogP contribution in [0.5, 0.6) is 0 Å². The van der Waals surface area contributed by atoms with Crippen molar-refractivity contribution >= 4 is 23.2 Å². The van der Waals surface area contributed by atoms with Gasteiger partial charge in [-0.05, 0) is 37.1 Å². The maximum absolute atomic E-state index is 12.1. The molecular weight excluding hydrogens is 322 g/mol. The molecule has 0 aliphatic carbocycles. The molecule has 0 saturated carbocycles. The van der Waals surface area contributed by atoms with Crippen molar-refractivity contribution in [1.29, 1.82) is 0 Å². The van der Waals surface area contributed by atoms with Crippen molar-refractivity contribution in [3.8, 4) is 10.4 Å². The molecule has 126 valence electrons. The summed E-state index contributed by atoms with van der Waals surface area (Å²) in [4.78, 5) is 19.5. The highest BCUT2D eigenvalue weighted by molar-refractivity contribution is 7.13. The number of ether oxygens (including phenoxy) is 1. The predicted octanol–water partition coefficient (Wildman–Crippen LogP) is 3.93. The van der Waals surface area contributed by atoms with Gasteiger partial charge in [-0.25, -0.2) is 9.78 Å². The zero-order chi connectivity index (χ0) is 16.9. The zero-order valence-corrected chi connectivity index (χ0v) is 14.7. The second kappa shape index (κ2) is 7.59. The van der Waals surface area contributed by atoms with Gasteiger partial charge >= 0.3 is 6.09 Å². The average Bonchev–Trinajstić information content (AvgIpc) is 3.02. The van der Waals surface area contributed by atoms with Crippen LogP contribution in [-0.2, 0) is 4.74 Å². The Labute approximate surface area is 146 Å². The Morgan fingerprint density at radius 1 is 1.42 bits per heavy atom. The molecule has 1 aromatic heterocycles. The first-order valence-corrected chi connectivity index (χ1v) is 8.81. The molecule has 1 aliphatic heterocycles. The molecule has 0 atom stereocenters. The summed E-state index contributed by atoms with van der Waals surface area (Å²) in [6.45, 7) is 4.29. The van der Waals surface area contributed by atoms with Gasteiger partial charge in [-0.15, -0.1) is 11.3 Å². The fourth-order valence-corrected chi connectivity index (χ4v) is 3.42. The third-order valence-electron chi connectivity index (χ3n) is 4.07. The van der Waals surface area contributed by atoms with E-state index in [2.05, 4.69) is 28.3 Å². The first kappa shape index (κ1) is 16.7. The molecule has 0 radical (unpaired) electrons. The lowest BCUT2D eigenvalue weighted by Crippen LogP contribution is -2.26. The van der Waals surface area contributed by atoms with Crippen LogP contribution in [0.4, 0.5) is 10.6 Å². The van der Waals surface area contributed by atoms with E-state index in [1.54, 1.807) is 5.51 Å². The van der Waals surface area contributed by atoms with Crippen LogP contribution in [0.15, 0.2) is 41.4 Å². The second-order valence-electron chi connectivity index (χ2n) is 5.92. The molecule has 24 heavy (non-hydrogen) atoms. The summed E-state index contributed by atoms with van der Waals surface area (Å²) in [5.74, 6) is 0.552. The number of carbonyl (C=O) groups is 1. The molecule has 3 rings (SSSR count). The summed E-state index contributed by atoms with van der Waals surface area (Å²) in [5, 5.41) is 2.77. The number of rotatable bonds is 4. The average molecular weight is 343 g/mol. The molecule has 0 spiro atoms. The van der Waals surface area contributed by atoms with Gasteiger partial charge in [-0.1, -0.05) is 30.3 Å². The fraction of sp³-hybridized carbons (Fsp3) is 0.333. The van der Waals surface area contributed by atoms with E-state index in [1.807, 2.05) is 31.2 Å². The Bertz CT molecular complexity index is 754. The monoisotopic (exact) mass is 343 g/mol. The number of thiazole rings is 1. The number of anilines is 1. The summed E-state index contributed by atoms with van der Waals surface area (Å²) in [6.07, 6.45) is 2.60. The summed E-state index contributed by atoms with van der Waals surface area (Å²) in [5.41, 5.74) is 5.13. The van der Waals surface area contributed by atoms with Crippen molar-refractivity contribution in [1.82, 2.24) is 9.88 Å². The summed E-state index contributed by atoms with van der Waals surface area (Å²) in [6, 6.07) is 8.06. The van der Waals surface area contributed by atoms with Gasteiger partial charge < -0.3 is 9.64 Å². The van der Waals surface area contributed by atoms with Gasteiger partial charge in [-0.2, -0.15) is 0 Å². The van der Waals surface area contributed by atoms with Gasteiger partial charge in [0.05, 0.1) is 10.4 Å². The number of benzene rings is 1. The smallest absolute Gasteiger partial charge is 0.413 e. The van der Waals surface area contributed by atoms with Crippen LogP contribution in [-0.4, -0.2) is 42.7 Å². The van der Waals surface area contributed by atoms with Crippen LogP contribution >= 0.6 is 11.3 Å². The van der Waals surface area contributed by atoms with Gasteiger partial charge in [0.15, 0.2) is 5.82 Å². The maximum Gasteiger partial charge on any atom is 0.413 e. The van der Waals surface area contributed by atoms with Crippen LogP contribution in [0.1, 0.15) is 12.0 Å². The minimum atomic E-state index is -0.462. The van der Waals surface area contributed by atoms with Gasteiger partial charge in [0.25, 0.3) is 0 Å². The highest BCUT2D eigenvalue weighted by Gasteiger charge is 2.15. The molecule has 0 bridgehead atoms. The highest BCUT2D eigenvalue weighted by Crippen LogP contribution is 2.33. The Morgan fingerprint density at radius 2 is 2.25 bits per heavy atom. The normalized spacial score (nSPS) is 15.0. The Kier molecular flexibility index (Phi) is 5.27. The molecule has 6 heteroatoms. The van der Waals surface area contributed by atoms with Crippen molar-refractivity contribution in [2.75, 3.05) is 32.1 Å². The lowest BCUT2D eigenvalue weighted by molar-refractivity contribution is 0.169. The number of amides is 1. The molecule has 1 aliphatic rings. The predicted molar refractivity (Wildman–Crippen MR) is 97.5 cm³/mol. The SMILES string of the molecule is Cc1ccccc1-c1scnc1NC(=O)OCC1=CCN(C)CC1. The van der Waals surface area contributed by atoms with E-state index in [1.165, 1.54) is 16.9 Å². The van der Waals surface area contributed by atoms with Crippen molar-refractivity contribution < 1.29 is 9.53 Å². The number of hydrogen-bond donors (Lipinski definition) is 1. The molecule has 0 fully saturated rings. The van der Waals surface area contributed by atoms with Crippen molar-refractivity contribution in [2.24, 2.45) is 0 Å². The summed E-state index contributed by atoms with van der Waals surface area (Å²) >= 11 is 1.51. The lowest BCUT2D eigenvalue weighted by Gasteiger charge is -2.21. The second-order valence-corrected chi connectivity index (χ2v) is 6.78. The van der Waals surface area contributed by atoms with E-state index < -0.39 is 6.09 Å². The van der Waals surface area contributed by atoms with E-state index in [-0.39, 0.29) is 0 Å². The standard InChI is InChI=1S/C18H21N3O2S/c1-13-5-3-4-6-15(13)16-17(19-12-24-16)20-18(22)23-11-14-7-9-21(2)10-8-14/h3-7,12H,8-11H2,1-2H3,(H,20,22). The first-order valence-electron chi connectivity index (χ1n) is 7.93. The van der Waals surface area contributed by atoms with Crippen molar-refractivity contribution in [3.05, 3.63) is 47.0 Å². The Balaban J connectivity index is 1.62. The van der Waals surface area contributed by atoms with E-state index in [9.17, 15) is 4.79 Å². The van der Waals surface area contributed by atoms with Crippen molar-refractivity contribution in [2.45, 2.75) is 13.3 Å². The zero-order valence-electron chi connectivity index (χ0n) is 13.9. The molecule has 1 amide bonds. The fourth-order valence-electron chi connectivity index (χ4n) is 2.59. The maximum atomic E-state index is 12.1. The van der Waals surface area contributed by atoms with Gasteiger partial charge in [-0.3, -0.25) is 5.32 Å². The topological polar surface area (TPSA) is 54.5 Å². The number of carbonyl (C=O) groups excluding carboxylic acids is 1. The van der Waals surface area contributed by atoms with Gasteiger partial charge in [0.2, 0.25) is 0 Å². The van der Waals surface area contributed by atoms with E-state index in [4.69, 9.17) is 4.74 Å². The summed E-state index contributed by atoms with van der Waals surface area (Å²) < 4.78 is 5.34. The minimum Gasteiger partial charge on any atom is -0.445 e. The Morgan fingerprint density at radius 3 is 3.00 bits per heavy atom. The number of hydrogen-bond acceptors (Lipinski definition) is 5. The molecule has 5 nitrogen and oxygen atoms in total. The van der Waals surface area contributed by atoms with Crippen molar-refractivity contribution in [3.63, 3.8) is 0 Å². The third-order valence-corrected chi connectivity index (χ3v) is 4.93. The number of nitrogens with zero attached hydrogens (tertiary/aromatic N) is 2. The van der Waals surface area contributed by atoms with Crippen LogP contribution < -0.4 is 5.32 Å². The molecular formula is C18H21N3O2S. The summed E-state index contributed by atoms with van der Waals surface area (Å²) in [7, 11) is 2.08. The molecule has 0 saturated heterocycles. The molecule has 2 aromatic rings. The first-order chi connectivity index (χ1) is 11.6. The van der Waals surface area contributed by atoms with Crippen LogP contribution in [0.3, 0.4) is 0 Å². The molecule has 0 unspecified atom stereocenters. The van der Waals surface area contributed by atoms with E-state index in [0.29, 0.717) is 12.4 Å². The highest BCUT2D eigenvalue weighted by atomic mass is 32.1. The molecule has 2 heterocycles. The largest absolute Gasteiger partial charge is 0.445 e. The Hall–Kier alpha value is -2.18. The minimum absolute atomic E-state index is 0.337. The quantitative estimate of drug-likeness (QED) is 0.855. The third kappa shape index (κ3) is 4.01. The van der Waals surface area contributed by atoms with Gasteiger partial charge in [0.1, 0.15) is 6.61 Å². The van der Waals surface area contributed by atoms with E-state index in [0.717, 1.165) is 35.5 Å². The number of likely N-dealkylation sites (N-methyl/N-ethyl adjacent to an activating group) is 1. The molecule has 1 N–H and O–H groups in total. The molecule has 1 aromatic carbocycles. The van der Waals surface area contributed by atoms with Crippen LogP contribution in [0, 0.1) is 6.92 Å². The lowest BCUT2D eigenvalue weighted by atomic mass is 10.1. The number of aryl methyl sites for hydroxylation is 1. The number of aromatic nitrogens is 1. The van der Waals surface area contributed by atoms with Crippen LogP contribution in [0.25, 0.3) is 10.4 Å². The number of nitrogens with one attached hydrogen (secondary N) is 1.